The molecule has 19 heavy (non-hydrogen) atoms. The molecule has 0 spiro atoms. The lowest BCUT2D eigenvalue weighted by Crippen LogP contribution is -1.96. The Morgan fingerprint density at radius 1 is 1.63 bits per heavy atom. The number of pyridine rings is 1. The van der Waals surface area contributed by atoms with E-state index >= 15 is 0 Å². The number of nitro groups is 1. The number of nitrogens with zero attached hydrogens (tertiary/aromatic N) is 2. The van der Waals surface area contributed by atoms with Crippen molar-refractivity contribution in [3.8, 4) is 11.8 Å². The first-order chi connectivity index (χ1) is 8.91. The predicted octanol–water partition coefficient (Wildman–Crippen LogP) is 2.97. The van der Waals surface area contributed by atoms with Crippen LogP contribution < -0.4 is 0 Å². The van der Waals surface area contributed by atoms with E-state index in [1.54, 1.807) is 6.92 Å². The first-order valence-corrected chi connectivity index (χ1v) is 6.72. The van der Waals surface area contributed by atoms with Crippen LogP contribution in [0.5, 0.6) is 0 Å². The van der Waals surface area contributed by atoms with Gasteiger partial charge in [0, 0.05) is 25.2 Å². The second-order valence-corrected chi connectivity index (χ2v) is 5.21. The summed E-state index contributed by atoms with van der Waals surface area (Å²) in [6.07, 6.45) is 0.528. The van der Waals surface area contributed by atoms with Gasteiger partial charge in [-0.05, 0) is 6.92 Å². The molecule has 1 rings (SSSR count). The largest absolute Gasteiger partial charge is 0.307 e. The molecule has 100 valence electrons. The van der Waals surface area contributed by atoms with Crippen molar-refractivity contribution in [1.82, 2.24) is 4.98 Å². The molecule has 0 aliphatic carbocycles. The molecule has 1 aromatic heterocycles. The summed E-state index contributed by atoms with van der Waals surface area (Å²) in [6, 6.07) is 1.32. The van der Waals surface area contributed by atoms with Crippen LogP contribution in [0.3, 0.4) is 0 Å². The number of aryl methyl sites for hydroxylation is 1. The van der Waals surface area contributed by atoms with Crippen LogP contribution >= 0.6 is 23.4 Å². The smallest absolute Gasteiger partial charge is 0.288 e. The summed E-state index contributed by atoms with van der Waals surface area (Å²) in [7, 11) is 0. The van der Waals surface area contributed by atoms with Crippen molar-refractivity contribution in [2.24, 2.45) is 0 Å². The Balaban J connectivity index is 2.84. The van der Waals surface area contributed by atoms with Gasteiger partial charge < -0.3 is 0 Å². The molecule has 5 nitrogen and oxygen atoms in total. The monoisotopic (exact) mass is 298 g/mol. The van der Waals surface area contributed by atoms with Crippen LogP contribution in [-0.2, 0) is 4.79 Å². The Hall–Kier alpha value is -1.58. The van der Waals surface area contributed by atoms with Crippen LogP contribution in [0, 0.1) is 28.9 Å². The number of hydrogen-bond donors (Lipinski definition) is 0. The molecular weight excluding hydrogens is 288 g/mol. The normalized spacial score (nSPS) is 9.63. The molecule has 7 heteroatoms. The summed E-state index contributed by atoms with van der Waals surface area (Å²) >= 11 is 6.87. The van der Waals surface area contributed by atoms with E-state index in [0.29, 0.717) is 23.4 Å². The molecule has 0 bridgehead atoms. The van der Waals surface area contributed by atoms with Crippen LogP contribution in [0.1, 0.15) is 24.6 Å². The molecule has 0 amide bonds. The van der Waals surface area contributed by atoms with Gasteiger partial charge in [0.05, 0.1) is 16.2 Å². The Bertz CT molecular complexity index is 578. The predicted molar refractivity (Wildman–Crippen MR) is 75.3 cm³/mol. The molecule has 0 aliphatic heterocycles. The molecule has 0 saturated heterocycles. The molecule has 0 saturated carbocycles. The van der Waals surface area contributed by atoms with Gasteiger partial charge in [-0.2, -0.15) is 0 Å². The molecule has 0 aromatic carbocycles. The number of aromatic nitrogens is 1. The topological polar surface area (TPSA) is 73.1 Å². The van der Waals surface area contributed by atoms with E-state index < -0.39 is 4.92 Å². The molecular formula is C12H11ClN2O3S. The van der Waals surface area contributed by atoms with Crippen LogP contribution in [0.25, 0.3) is 0 Å². The maximum atomic E-state index is 10.7. The number of thioether (sulfide) groups is 1. The average Bonchev–Trinajstić information content (AvgIpc) is 2.30. The first-order valence-electron chi connectivity index (χ1n) is 5.35. The molecule has 0 aliphatic rings. The Morgan fingerprint density at radius 3 is 2.89 bits per heavy atom. The number of carbonyl (C=O) groups excluding carboxylic acids is 1. The van der Waals surface area contributed by atoms with Crippen molar-refractivity contribution >= 4 is 34.2 Å². The van der Waals surface area contributed by atoms with Crippen LogP contribution in [0.15, 0.2) is 6.07 Å². The third-order valence-corrected chi connectivity index (χ3v) is 3.19. The van der Waals surface area contributed by atoms with Gasteiger partial charge in [-0.15, -0.1) is 0 Å². The molecule has 0 N–H and O–H groups in total. The third kappa shape index (κ3) is 4.89. The van der Waals surface area contributed by atoms with E-state index in [9.17, 15) is 14.9 Å². The van der Waals surface area contributed by atoms with Gasteiger partial charge in [-0.25, -0.2) is 4.98 Å². The van der Waals surface area contributed by atoms with E-state index in [1.165, 1.54) is 24.8 Å². The highest BCUT2D eigenvalue weighted by molar-refractivity contribution is 8.13. The van der Waals surface area contributed by atoms with Crippen molar-refractivity contribution in [3.05, 3.63) is 32.6 Å². The van der Waals surface area contributed by atoms with Gasteiger partial charge >= 0.3 is 5.69 Å². The van der Waals surface area contributed by atoms with Gasteiger partial charge in [0.25, 0.3) is 0 Å². The Kier molecular flexibility index (Phi) is 5.80. The van der Waals surface area contributed by atoms with E-state index in [1.807, 2.05) is 0 Å². The van der Waals surface area contributed by atoms with E-state index in [2.05, 4.69) is 16.8 Å². The third-order valence-electron chi connectivity index (χ3n) is 2.10. The van der Waals surface area contributed by atoms with E-state index in [4.69, 9.17) is 11.6 Å². The van der Waals surface area contributed by atoms with Crippen LogP contribution in [-0.4, -0.2) is 20.8 Å². The van der Waals surface area contributed by atoms with Crippen molar-refractivity contribution in [3.63, 3.8) is 0 Å². The minimum Gasteiger partial charge on any atom is -0.288 e. The number of halogens is 1. The minimum absolute atomic E-state index is 0.0433. The summed E-state index contributed by atoms with van der Waals surface area (Å²) in [5.74, 6) is 6.27. The highest BCUT2D eigenvalue weighted by Gasteiger charge is 2.15. The summed E-state index contributed by atoms with van der Waals surface area (Å²) in [5, 5.41) is 10.6. The van der Waals surface area contributed by atoms with Crippen LogP contribution in [0.2, 0.25) is 5.15 Å². The van der Waals surface area contributed by atoms with Gasteiger partial charge in [-0.1, -0.05) is 35.2 Å². The second kappa shape index (κ2) is 7.12. The fourth-order valence-corrected chi connectivity index (χ4v) is 1.97. The van der Waals surface area contributed by atoms with Crippen molar-refractivity contribution in [2.45, 2.75) is 20.3 Å². The Labute approximate surface area is 119 Å². The van der Waals surface area contributed by atoms with E-state index in [0.717, 1.165) is 0 Å². The van der Waals surface area contributed by atoms with Crippen molar-refractivity contribution < 1.29 is 9.72 Å². The Morgan fingerprint density at radius 2 is 2.32 bits per heavy atom. The maximum Gasteiger partial charge on any atom is 0.307 e. The summed E-state index contributed by atoms with van der Waals surface area (Å²) in [5.41, 5.74) is 0.765. The summed E-state index contributed by atoms with van der Waals surface area (Å²) < 4.78 is 0. The van der Waals surface area contributed by atoms with Gasteiger partial charge in [-0.3, -0.25) is 14.9 Å². The van der Waals surface area contributed by atoms with Gasteiger partial charge in [0.15, 0.2) is 5.12 Å². The molecule has 1 heterocycles. The van der Waals surface area contributed by atoms with Crippen molar-refractivity contribution in [1.29, 1.82) is 0 Å². The molecule has 0 radical (unpaired) electrons. The molecule has 0 fully saturated rings. The SMILES string of the molecule is CC(=O)SCCC#Cc1cc([N+](=O)[O-])c(Cl)nc1C. The lowest BCUT2D eigenvalue weighted by molar-refractivity contribution is -0.385. The quantitative estimate of drug-likeness (QED) is 0.282. The highest BCUT2D eigenvalue weighted by Crippen LogP contribution is 2.24. The van der Waals surface area contributed by atoms with Gasteiger partial charge in [0.1, 0.15) is 0 Å². The lowest BCUT2D eigenvalue weighted by atomic mass is 10.2. The maximum absolute atomic E-state index is 10.7. The molecule has 0 unspecified atom stereocenters. The van der Waals surface area contributed by atoms with Gasteiger partial charge in [0.2, 0.25) is 5.15 Å². The fraction of sp³-hybridized carbons (Fsp3) is 0.333. The zero-order valence-electron chi connectivity index (χ0n) is 10.4. The number of hydrogen-bond acceptors (Lipinski definition) is 5. The van der Waals surface area contributed by atoms with E-state index in [-0.39, 0.29) is 16.0 Å². The van der Waals surface area contributed by atoms with Crippen molar-refractivity contribution in [2.75, 3.05) is 5.75 Å². The van der Waals surface area contributed by atoms with Crippen LogP contribution in [0.4, 0.5) is 5.69 Å². The molecule has 0 atom stereocenters. The first kappa shape index (κ1) is 15.5. The molecule has 1 aromatic rings. The summed E-state index contributed by atoms with van der Waals surface area (Å²) in [4.78, 5) is 24.7. The number of carbonyl (C=O) groups is 1. The summed E-state index contributed by atoms with van der Waals surface area (Å²) in [6.45, 7) is 3.18. The standard InChI is InChI=1S/C12H11ClN2O3S/c1-8-10(5-3-4-6-19-9(2)16)7-11(15(17)18)12(13)14-8/h7H,4,6H2,1-2H3. The highest BCUT2D eigenvalue weighted by atomic mass is 35.5. The number of rotatable bonds is 3. The zero-order chi connectivity index (χ0) is 14.4. The average molecular weight is 299 g/mol. The fourth-order valence-electron chi connectivity index (χ4n) is 1.22. The lowest BCUT2D eigenvalue weighted by Gasteiger charge is -1.99. The second-order valence-electron chi connectivity index (χ2n) is 3.58. The minimum atomic E-state index is -0.592. The zero-order valence-corrected chi connectivity index (χ0v) is 12.0.